The van der Waals surface area contributed by atoms with Gasteiger partial charge in [0.15, 0.2) is 0 Å². The van der Waals surface area contributed by atoms with Crippen molar-refractivity contribution in [2.45, 2.75) is 52.1 Å². The zero-order valence-corrected chi connectivity index (χ0v) is 15.2. The highest BCUT2D eigenvalue weighted by molar-refractivity contribution is 7.78. The van der Waals surface area contributed by atoms with Crippen LogP contribution < -0.4 is 4.90 Å². The molecule has 0 bridgehead atoms. The van der Waals surface area contributed by atoms with Crippen LogP contribution in [0.4, 0.5) is 5.69 Å². The molecule has 1 unspecified atom stereocenters. The van der Waals surface area contributed by atoms with E-state index >= 15 is 0 Å². The van der Waals surface area contributed by atoms with E-state index in [-0.39, 0.29) is 18.4 Å². The van der Waals surface area contributed by atoms with Crippen LogP contribution >= 0.6 is 12.2 Å². The Morgan fingerprint density at radius 1 is 1.29 bits per heavy atom. The molecule has 1 aromatic rings. The van der Waals surface area contributed by atoms with E-state index in [1.54, 1.807) is 12.3 Å². The number of hydrogen-bond acceptors (Lipinski definition) is 5. The fourth-order valence-electron chi connectivity index (χ4n) is 2.58. The summed E-state index contributed by atoms with van der Waals surface area (Å²) in [6.45, 7) is 5.95. The van der Waals surface area contributed by atoms with E-state index in [1.165, 1.54) is 0 Å². The molecular weight excluding hydrogens is 326 g/mol. The summed E-state index contributed by atoms with van der Waals surface area (Å²) in [7, 11) is 0. The number of anilines is 1. The Bertz CT molecular complexity index is 559. The number of carbonyl (C=O) groups is 2. The van der Waals surface area contributed by atoms with E-state index in [4.69, 9.17) is 22.1 Å². The van der Waals surface area contributed by atoms with E-state index < -0.39 is 12.0 Å². The van der Waals surface area contributed by atoms with Gasteiger partial charge >= 0.3 is 11.9 Å². The van der Waals surface area contributed by atoms with Gasteiger partial charge in [-0.05, 0) is 56.7 Å². The lowest BCUT2D eigenvalue weighted by atomic mass is 10.1. The molecule has 0 spiro atoms. The predicted octanol–water partition coefficient (Wildman–Crippen LogP) is 3.24. The molecule has 0 radical (unpaired) electrons. The summed E-state index contributed by atoms with van der Waals surface area (Å²) in [6.07, 6.45) is 1.25. The number of aliphatic carboxylic acids is 1. The second kappa shape index (κ2) is 10.0. The molecule has 0 heterocycles. The van der Waals surface area contributed by atoms with Crippen molar-refractivity contribution in [2.24, 2.45) is 0 Å². The molecule has 24 heavy (non-hydrogen) atoms. The zero-order chi connectivity index (χ0) is 18.1. The van der Waals surface area contributed by atoms with E-state index in [2.05, 4.69) is 0 Å². The SMILES string of the molecule is CCOC(=O)[C@H](C)N(c1ccc(CCC(=O)O)cc1)C(C)CC=S. The van der Waals surface area contributed by atoms with Gasteiger partial charge in [-0.25, -0.2) is 4.79 Å². The van der Waals surface area contributed by atoms with Crippen molar-refractivity contribution in [3.05, 3.63) is 29.8 Å². The van der Waals surface area contributed by atoms with Crippen molar-refractivity contribution in [3.8, 4) is 0 Å². The average Bonchev–Trinajstić information content (AvgIpc) is 2.54. The van der Waals surface area contributed by atoms with Crippen LogP contribution in [0.3, 0.4) is 0 Å². The van der Waals surface area contributed by atoms with Crippen LogP contribution in [0.15, 0.2) is 24.3 Å². The maximum absolute atomic E-state index is 12.1. The fourth-order valence-corrected chi connectivity index (χ4v) is 2.85. The largest absolute Gasteiger partial charge is 0.481 e. The Morgan fingerprint density at radius 2 is 1.92 bits per heavy atom. The van der Waals surface area contributed by atoms with Crippen molar-refractivity contribution in [1.82, 2.24) is 0 Å². The van der Waals surface area contributed by atoms with Gasteiger partial charge in [0, 0.05) is 18.2 Å². The minimum atomic E-state index is -0.814. The molecule has 0 aliphatic carbocycles. The molecule has 1 aromatic carbocycles. The van der Waals surface area contributed by atoms with Gasteiger partial charge in [-0.3, -0.25) is 4.79 Å². The van der Waals surface area contributed by atoms with Gasteiger partial charge in [0.2, 0.25) is 0 Å². The number of rotatable bonds is 10. The number of aryl methyl sites for hydroxylation is 1. The van der Waals surface area contributed by atoms with Crippen molar-refractivity contribution in [3.63, 3.8) is 0 Å². The standard InChI is InChI=1S/C18H25NO4S/c1-4-23-18(22)14(3)19(13(2)11-12-24)16-8-5-15(6-9-16)7-10-17(20)21/h5-6,8-9,12-14H,4,7,10-11H2,1-3H3,(H,20,21)/t13?,14-/m0/s1. The van der Waals surface area contributed by atoms with Crippen LogP contribution in [0.25, 0.3) is 0 Å². The van der Waals surface area contributed by atoms with Crippen molar-refractivity contribution < 1.29 is 19.4 Å². The molecule has 132 valence electrons. The first-order valence-corrected chi connectivity index (χ1v) is 8.57. The average molecular weight is 351 g/mol. The number of benzene rings is 1. The van der Waals surface area contributed by atoms with Gasteiger partial charge in [-0.2, -0.15) is 0 Å². The Kier molecular flexibility index (Phi) is 8.40. The number of thiocarbonyl (C=S) groups is 1. The topological polar surface area (TPSA) is 66.8 Å². The van der Waals surface area contributed by atoms with Gasteiger partial charge in [0.25, 0.3) is 0 Å². The first-order valence-electron chi connectivity index (χ1n) is 8.10. The first-order chi connectivity index (χ1) is 11.4. The quantitative estimate of drug-likeness (QED) is 0.516. The van der Waals surface area contributed by atoms with E-state index in [0.29, 0.717) is 19.4 Å². The summed E-state index contributed by atoms with van der Waals surface area (Å²) in [5, 5.41) is 10.4. The molecule has 5 nitrogen and oxygen atoms in total. The van der Waals surface area contributed by atoms with E-state index in [1.807, 2.05) is 43.0 Å². The highest BCUT2D eigenvalue weighted by atomic mass is 32.1. The molecule has 0 aliphatic heterocycles. The van der Waals surface area contributed by atoms with Gasteiger partial charge in [-0.15, -0.1) is 0 Å². The Balaban J connectivity index is 2.99. The maximum atomic E-state index is 12.1. The normalized spacial score (nSPS) is 13.0. The summed E-state index contributed by atoms with van der Waals surface area (Å²) in [6, 6.07) is 7.23. The molecule has 0 saturated heterocycles. The first kappa shape index (κ1) is 20.1. The lowest BCUT2D eigenvalue weighted by molar-refractivity contribution is -0.144. The summed E-state index contributed by atoms with van der Waals surface area (Å²) < 4.78 is 5.14. The molecule has 0 amide bonds. The van der Waals surface area contributed by atoms with Crippen LogP contribution in [0, 0.1) is 0 Å². The van der Waals surface area contributed by atoms with Gasteiger partial charge < -0.3 is 14.7 Å². The molecule has 6 heteroatoms. The molecule has 1 rings (SSSR count). The summed E-state index contributed by atoms with van der Waals surface area (Å²) in [4.78, 5) is 24.8. The van der Waals surface area contributed by atoms with E-state index in [9.17, 15) is 9.59 Å². The summed E-state index contributed by atoms with van der Waals surface area (Å²) >= 11 is 4.96. The highest BCUT2D eigenvalue weighted by Crippen LogP contribution is 2.23. The summed E-state index contributed by atoms with van der Waals surface area (Å²) in [5.74, 6) is -1.09. The second-order valence-corrected chi connectivity index (χ2v) is 5.98. The summed E-state index contributed by atoms with van der Waals surface area (Å²) in [5.41, 5.74) is 1.84. The number of hydrogen-bond donors (Lipinski definition) is 1. The molecule has 1 N–H and O–H groups in total. The number of carbonyl (C=O) groups excluding carboxylic acids is 1. The van der Waals surface area contributed by atoms with Crippen LogP contribution in [0.2, 0.25) is 0 Å². The minimum Gasteiger partial charge on any atom is -0.481 e. The highest BCUT2D eigenvalue weighted by Gasteiger charge is 2.26. The third kappa shape index (κ3) is 5.92. The van der Waals surface area contributed by atoms with E-state index in [0.717, 1.165) is 11.3 Å². The number of carboxylic acids is 1. The lowest BCUT2D eigenvalue weighted by Gasteiger charge is -2.35. The van der Waals surface area contributed by atoms with Crippen molar-refractivity contribution >= 4 is 35.2 Å². The second-order valence-electron chi connectivity index (χ2n) is 5.65. The molecule has 0 aromatic heterocycles. The Labute approximate surface area is 148 Å². The molecule has 0 fully saturated rings. The van der Waals surface area contributed by atoms with Crippen LogP contribution in [-0.2, 0) is 20.7 Å². The number of esters is 1. The fraction of sp³-hybridized carbons (Fsp3) is 0.500. The van der Waals surface area contributed by atoms with Gasteiger partial charge in [-0.1, -0.05) is 24.4 Å². The molecular formula is C18H25NO4S. The van der Waals surface area contributed by atoms with Crippen LogP contribution in [-0.4, -0.2) is 41.1 Å². The third-order valence-corrected chi connectivity index (χ3v) is 4.01. The zero-order valence-electron chi connectivity index (χ0n) is 14.4. The molecule has 0 saturated carbocycles. The molecule has 0 aliphatic rings. The molecule has 2 atom stereocenters. The number of ether oxygens (including phenoxy) is 1. The third-order valence-electron chi connectivity index (χ3n) is 3.82. The minimum absolute atomic E-state index is 0.0479. The van der Waals surface area contributed by atoms with Crippen LogP contribution in [0.1, 0.15) is 39.2 Å². The monoisotopic (exact) mass is 351 g/mol. The number of nitrogens with zero attached hydrogens (tertiary/aromatic N) is 1. The Hall–Kier alpha value is -1.95. The predicted molar refractivity (Wildman–Crippen MR) is 98.7 cm³/mol. The smallest absolute Gasteiger partial charge is 0.328 e. The van der Waals surface area contributed by atoms with Crippen molar-refractivity contribution in [2.75, 3.05) is 11.5 Å². The van der Waals surface area contributed by atoms with Gasteiger partial charge in [0.05, 0.1) is 6.61 Å². The van der Waals surface area contributed by atoms with Crippen LogP contribution in [0.5, 0.6) is 0 Å². The van der Waals surface area contributed by atoms with Gasteiger partial charge in [0.1, 0.15) is 6.04 Å². The Morgan fingerprint density at radius 3 is 2.42 bits per heavy atom. The van der Waals surface area contributed by atoms with Crippen molar-refractivity contribution in [1.29, 1.82) is 0 Å². The maximum Gasteiger partial charge on any atom is 0.328 e. The lowest BCUT2D eigenvalue weighted by Crippen LogP contribution is -2.45. The number of carboxylic acid groups (broad SMARTS) is 1.